The molecule has 24 heavy (non-hydrogen) atoms. The Labute approximate surface area is 150 Å². The van der Waals surface area contributed by atoms with Gasteiger partial charge < -0.3 is 10.1 Å². The summed E-state index contributed by atoms with van der Waals surface area (Å²) in [6, 6.07) is 18.6. The maximum Gasteiger partial charge on any atom is 0.265 e. The number of hydrogen-bond donors (Lipinski definition) is 1. The van der Waals surface area contributed by atoms with Crippen LogP contribution in [-0.4, -0.2) is 12.0 Å². The van der Waals surface area contributed by atoms with Crippen LogP contribution in [0, 0.1) is 0 Å². The van der Waals surface area contributed by atoms with Gasteiger partial charge in [0.1, 0.15) is 5.75 Å². The molecule has 0 aliphatic heterocycles. The van der Waals surface area contributed by atoms with Crippen molar-refractivity contribution in [2.45, 2.75) is 13.0 Å². The van der Waals surface area contributed by atoms with Crippen molar-refractivity contribution in [1.82, 2.24) is 0 Å². The van der Waals surface area contributed by atoms with Gasteiger partial charge >= 0.3 is 0 Å². The summed E-state index contributed by atoms with van der Waals surface area (Å²) in [5, 5.41) is 5.63. The van der Waals surface area contributed by atoms with Crippen molar-refractivity contribution in [2.75, 3.05) is 5.32 Å². The third-order valence-electron chi connectivity index (χ3n) is 3.61. The SMILES string of the molecule is CC(Oc1cccc2ccccc12)C(=O)Nc1ccc(Cl)c(Cl)c1. The fourth-order valence-electron chi connectivity index (χ4n) is 2.36. The Balaban J connectivity index is 1.75. The molecule has 0 aliphatic rings. The van der Waals surface area contributed by atoms with E-state index in [1.165, 1.54) is 0 Å². The molecule has 1 atom stereocenters. The lowest BCUT2D eigenvalue weighted by Crippen LogP contribution is -2.30. The summed E-state index contributed by atoms with van der Waals surface area (Å²) in [4.78, 5) is 12.3. The Morgan fingerprint density at radius 3 is 2.54 bits per heavy atom. The van der Waals surface area contributed by atoms with Crippen molar-refractivity contribution in [2.24, 2.45) is 0 Å². The van der Waals surface area contributed by atoms with Crippen LogP contribution < -0.4 is 10.1 Å². The van der Waals surface area contributed by atoms with E-state index in [0.29, 0.717) is 21.5 Å². The summed E-state index contributed by atoms with van der Waals surface area (Å²) in [5.74, 6) is 0.409. The van der Waals surface area contributed by atoms with Gasteiger partial charge in [-0.2, -0.15) is 0 Å². The maximum absolute atomic E-state index is 12.3. The van der Waals surface area contributed by atoms with E-state index in [1.807, 2.05) is 42.5 Å². The van der Waals surface area contributed by atoms with Gasteiger partial charge in [-0.25, -0.2) is 0 Å². The largest absolute Gasteiger partial charge is 0.480 e. The van der Waals surface area contributed by atoms with E-state index in [2.05, 4.69) is 5.32 Å². The van der Waals surface area contributed by atoms with Crippen LogP contribution in [0.1, 0.15) is 6.92 Å². The molecular weight excluding hydrogens is 345 g/mol. The van der Waals surface area contributed by atoms with Crippen molar-refractivity contribution in [3.8, 4) is 5.75 Å². The number of carbonyl (C=O) groups excluding carboxylic acids is 1. The topological polar surface area (TPSA) is 38.3 Å². The molecule has 1 N–H and O–H groups in total. The lowest BCUT2D eigenvalue weighted by molar-refractivity contribution is -0.122. The number of fused-ring (bicyclic) bond motifs is 1. The molecule has 0 aliphatic carbocycles. The molecule has 3 aromatic carbocycles. The van der Waals surface area contributed by atoms with Crippen molar-refractivity contribution in [3.63, 3.8) is 0 Å². The second-order valence-corrected chi connectivity index (χ2v) is 6.17. The van der Waals surface area contributed by atoms with Crippen LogP contribution in [-0.2, 0) is 4.79 Å². The van der Waals surface area contributed by atoms with E-state index >= 15 is 0 Å². The summed E-state index contributed by atoms with van der Waals surface area (Å²) in [7, 11) is 0. The Hall–Kier alpha value is -2.23. The van der Waals surface area contributed by atoms with Crippen molar-refractivity contribution in [3.05, 3.63) is 70.7 Å². The highest BCUT2D eigenvalue weighted by Crippen LogP contribution is 2.27. The number of amides is 1. The van der Waals surface area contributed by atoms with E-state index in [9.17, 15) is 4.79 Å². The summed E-state index contributed by atoms with van der Waals surface area (Å²) in [6.07, 6.45) is -0.662. The molecule has 0 saturated carbocycles. The molecule has 0 saturated heterocycles. The number of nitrogens with one attached hydrogen (secondary N) is 1. The fourth-order valence-corrected chi connectivity index (χ4v) is 2.66. The molecule has 5 heteroatoms. The van der Waals surface area contributed by atoms with Crippen LogP contribution in [0.2, 0.25) is 10.0 Å². The van der Waals surface area contributed by atoms with E-state index in [4.69, 9.17) is 27.9 Å². The molecule has 3 aromatic rings. The third-order valence-corrected chi connectivity index (χ3v) is 4.35. The Morgan fingerprint density at radius 2 is 1.75 bits per heavy atom. The molecule has 0 spiro atoms. The van der Waals surface area contributed by atoms with E-state index in [0.717, 1.165) is 10.8 Å². The summed E-state index contributed by atoms with van der Waals surface area (Å²) in [5.41, 5.74) is 0.572. The third kappa shape index (κ3) is 3.64. The highest BCUT2D eigenvalue weighted by atomic mass is 35.5. The first kappa shape index (κ1) is 16.6. The summed E-state index contributed by atoms with van der Waals surface area (Å²) >= 11 is 11.8. The molecule has 1 unspecified atom stereocenters. The fraction of sp³-hybridized carbons (Fsp3) is 0.105. The van der Waals surface area contributed by atoms with Gasteiger partial charge in [0, 0.05) is 11.1 Å². The second-order valence-electron chi connectivity index (χ2n) is 5.36. The van der Waals surface area contributed by atoms with Crippen LogP contribution in [0.5, 0.6) is 5.75 Å². The molecule has 1 amide bonds. The predicted molar refractivity (Wildman–Crippen MR) is 99.1 cm³/mol. The number of hydrogen-bond acceptors (Lipinski definition) is 2. The lowest BCUT2D eigenvalue weighted by Gasteiger charge is -2.16. The van der Waals surface area contributed by atoms with E-state index in [1.54, 1.807) is 25.1 Å². The smallest absolute Gasteiger partial charge is 0.265 e. The monoisotopic (exact) mass is 359 g/mol. The lowest BCUT2D eigenvalue weighted by atomic mass is 10.1. The number of ether oxygens (including phenoxy) is 1. The van der Waals surface area contributed by atoms with Gasteiger partial charge in [-0.05, 0) is 36.6 Å². The Bertz CT molecular complexity index is 890. The number of halogens is 2. The first-order valence-electron chi connectivity index (χ1n) is 7.45. The standard InChI is InChI=1S/C19H15Cl2NO2/c1-12(19(23)22-14-9-10-16(20)17(21)11-14)24-18-8-4-6-13-5-2-3-7-15(13)18/h2-12H,1H3,(H,22,23). The molecule has 0 radical (unpaired) electrons. The van der Waals surface area contributed by atoms with Crippen molar-refractivity contribution >= 4 is 45.6 Å². The second kappa shape index (κ2) is 7.12. The molecule has 0 bridgehead atoms. The zero-order valence-electron chi connectivity index (χ0n) is 12.9. The average molecular weight is 360 g/mol. The van der Waals surface area contributed by atoms with Gasteiger partial charge in [-0.15, -0.1) is 0 Å². The average Bonchev–Trinajstić information content (AvgIpc) is 2.58. The minimum atomic E-state index is -0.662. The van der Waals surface area contributed by atoms with E-state index in [-0.39, 0.29) is 5.91 Å². The van der Waals surface area contributed by atoms with Gasteiger partial charge in [0.2, 0.25) is 0 Å². The quantitative estimate of drug-likeness (QED) is 0.662. The Kier molecular flexibility index (Phi) is 4.93. The molecule has 0 aromatic heterocycles. The van der Waals surface area contributed by atoms with Gasteiger partial charge in [0.05, 0.1) is 10.0 Å². The molecular formula is C19H15Cl2NO2. The van der Waals surface area contributed by atoms with E-state index < -0.39 is 6.10 Å². The van der Waals surface area contributed by atoms with Crippen LogP contribution >= 0.6 is 23.2 Å². The molecule has 122 valence electrons. The number of benzene rings is 3. The highest BCUT2D eigenvalue weighted by Gasteiger charge is 2.16. The van der Waals surface area contributed by atoms with Crippen LogP contribution in [0.3, 0.4) is 0 Å². The molecule has 0 heterocycles. The van der Waals surface area contributed by atoms with Crippen LogP contribution in [0.15, 0.2) is 60.7 Å². The molecule has 3 nitrogen and oxygen atoms in total. The Morgan fingerprint density at radius 1 is 1.00 bits per heavy atom. The number of carbonyl (C=O) groups is 1. The normalized spacial score (nSPS) is 12.0. The highest BCUT2D eigenvalue weighted by molar-refractivity contribution is 6.42. The zero-order chi connectivity index (χ0) is 17.1. The van der Waals surface area contributed by atoms with Gasteiger partial charge in [0.15, 0.2) is 6.10 Å². The van der Waals surface area contributed by atoms with Gasteiger partial charge in [-0.3, -0.25) is 4.79 Å². The minimum Gasteiger partial charge on any atom is -0.480 e. The molecule has 3 rings (SSSR count). The number of rotatable bonds is 4. The summed E-state index contributed by atoms with van der Waals surface area (Å²) in [6.45, 7) is 1.70. The first-order valence-corrected chi connectivity index (χ1v) is 8.20. The van der Waals surface area contributed by atoms with Crippen molar-refractivity contribution < 1.29 is 9.53 Å². The molecule has 0 fully saturated rings. The minimum absolute atomic E-state index is 0.263. The van der Waals surface area contributed by atoms with Gasteiger partial charge in [0.25, 0.3) is 5.91 Å². The first-order chi connectivity index (χ1) is 11.5. The van der Waals surface area contributed by atoms with Crippen LogP contribution in [0.4, 0.5) is 5.69 Å². The summed E-state index contributed by atoms with van der Waals surface area (Å²) < 4.78 is 5.84. The number of anilines is 1. The maximum atomic E-state index is 12.3. The zero-order valence-corrected chi connectivity index (χ0v) is 14.4. The van der Waals surface area contributed by atoms with Gasteiger partial charge in [-0.1, -0.05) is 59.6 Å². The van der Waals surface area contributed by atoms with Crippen molar-refractivity contribution in [1.29, 1.82) is 0 Å². The predicted octanol–water partition coefficient (Wildman–Crippen LogP) is 5.55. The van der Waals surface area contributed by atoms with Crippen LogP contribution in [0.25, 0.3) is 10.8 Å².